The van der Waals surface area contributed by atoms with Crippen molar-refractivity contribution in [3.05, 3.63) is 61.6 Å². The molecule has 1 aromatic carbocycles. The fourth-order valence-electron chi connectivity index (χ4n) is 5.25. The van der Waals surface area contributed by atoms with Crippen LogP contribution in [0.2, 0.25) is 0 Å². The van der Waals surface area contributed by atoms with Crippen LogP contribution in [0, 0.1) is 0 Å². The van der Waals surface area contributed by atoms with Gasteiger partial charge in [-0.2, -0.15) is 0 Å². The van der Waals surface area contributed by atoms with E-state index >= 15 is 0 Å². The number of aromatic amines is 2. The molecule has 0 aliphatic carbocycles. The Bertz CT molecular complexity index is 1810. The van der Waals surface area contributed by atoms with Gasteiger partial charge in [-0.1, -0.05) is 76.1 Å². The minimum absolute atomic E-state index is 0.0303. The molecule has 7 rings (SSSR count). The predicted molar refractivity (Wildman–Crippen MR) is 216 cm³/mol. The average Bonchev–Trinajstić information content (AvgIpc) is 4.04. The number of methoxy groups -OCH3 is 1. The molecule has 4 N–H and O–H groups in total. The van der Waals surface area contributed by atoms with Crippen molar-refractivity contribution in [2.24, 2.45) is 0 Å². The highest BCUT2D eigenvalue weighted by Gasteiger charge is 2.18. The zero-order valence-corrected chi connectivity index (χ0v) is 33.7. The molecule has 16 heteroatoms. The van der Waals surface area contributed by atoms with Crippen LogP contribution in [0.4, 0.5) is 4.79 Å². The molecule has 0 atom stereocenters. The number of rotatable bonds is 7. The summed E-state index contributed by atoms with van der Waals surface area (Å²) in [6, 6.07) is 8.43. The summed E-state index contributed by atoms with van der Waals surface area (Å²) in [7, 11) is 1.27. The first kappa shape index (κ1) is 43.9. The minimum atomic E-state index is -0.562. The number of nitrogens with zero attached hydrogens (tertiary/aromatic N) is 6. The number of likely N-dealkylation sites (tertiary alicyclic amines) is 2. The van der Waals surface area contributed by atoms with E-state index in [2.05, 4.69) is 98.4 Å². The van der Waals surface area contributed by atoms with Crippen LogP contribution < -0.4 is 10.6 Å². The third-order valence-corrected chi connectivity index (χ3v) is 8.90. The number of thiazole rings is 1. The number of hydrogen-bond acceptors (Lipinski definition) is 9. The van der Waals surface area contributed by atoms with Crippen LogP contribution >= 0.6 is 11.3 Å². The zero-order chi connectivity index (χ0) is 40.0. The fraction of sp³-hybridized carbons (Fsp3) is 0.462. The van der Waals surface area contributed by atoms with E-state index in [-0.39, 0.29) is 30.8 Å². The van der Waals surface area contributed by atoms with Crippen molar-refractivity contribution in [1.29, 1.82) is 0 Å². The summed E-state index contributed by atoms with van der Waals surface area (Å²) in [6.07, 6.45) is 17.4. The Labute approximate surface area is 327 Å². The van der Waals surface area contributed by atoms with Crippen LogP contribution in [0.15, 0.2) is 61.6 Å². The SMILES string of the molecule is CC(=O)NCC(=O)N1CCCC1.CCC.CCC.COC(=O)NCC(=O)N1CCCC1.c1c[nH]c(-c2cn3cc(-c4ccc(-c5cnc[nH]5)cc4)sc3n2)n1. The topological polar surface area (TPSA) is 183 Å². The Kier molecular flexibility index (Phi) is 19.2. The third-order valence-electron chi connectivity index (χ3n) is 7.85. The van der Waals surface area contributed by atoms with Crippen molar-refractivity contribution in [3.63, 3.8) is 0 Å². The molecule has 0 spiro atoms. The van der Waals surface area contributed by atoms with Crippen molar-refractivity contribution in [2.45, 2.75) is 73.1 Å². The van der Waals surface area contributed by atoms with Gasteiger partial charge in [-0.25, -0.2) is 19.7 Å². The molecule has 0 unspecified atom stereocenters. The van der Waals surface area contributed by atoms with E-state index in [4.69, 9.17) is 0 Å². The Balaban J connectivity index is 0.000000224. The molecule has 0 bridgehead atoms. The van der Waals surface area contributed by atoms with Gasteiger partial charge in [-0.15, -0.1) is 0 Å². The van der Waals surface area contributed by atoms with Gasteiger partial charge in [0, 0.05) is 57.9 Å². The van der Waals surface area contributed by atoms with E-state index in [0.717, 1.165) is 79.6 Å². The Morgan fingerprint density at radius 1 is 0.818 bits per heavy atom. The second-order valence-corrected chi connectivity index (χ2v) is 13.7. The van der Waals surface area contributed by atoms with Crippen LogP contribution in [0.5, 0.6) is 0 Å². The molecule has 15 nitrogen and oxygen atoms in total. The van der Waals surface area contributed by atoms with Crippen molar-refractivity contribution in [1.82, 2.24) is 49.8 Å². The van der Waals surface area contributed by atoms with E-state index in [1.54, 1.807) is 39.9 Å². The average molecular weight is 777 g/mol. The summed E-state index contributed by atoms with van der Waals surface area (Å²) >= 11 is 1.66. The molecule has 0 radical (unpaired) electrons. The number of H-pyrrole nitrogens is 2. The first-order valence-electron chi connectivity index (χ1n) is 18.8. The quantitative estimate of drug-likeness (QED) is 0.147. The first-order valence-corrected chi connectivity index (χ1v) is 19.6. The molecule has 4 amide bonds. The lowest BCUT2D eigenvalue weighted by atomic mass is 10.1. The molecule has 2 fully saturated rings. The number of carbonyl (C=O) groups is 4. The Morgan fingerprint density at radius 2 is 1.38 bits per heavy atom. The van der Waals surface area contributed by atoms with Crippen LogP contribution in [0.3, 0.4) is 0 Å². The first-order chi connectivity index (χ1) is 26.6. The van der Waals surface area contributed by atoms with Crippen molar-refractivity contribution in [2.75, 3.05) is 46.4 Å². The summed E-state index contributed by atoms with van der Waals surface area (Å²) in [4.78, 5) is 68.5. The van der Waals surface area contributed by atoms with Gasteiger partial charge in [0.05, 0.1) is 36.7 Å². The molecule has 2 aliphatic heterocycles. The molecule has 2 saturated heterocycles. The van der Waals surface area contributed by atoms with E-state index in [1.807, 2.05) is 16.8 Å². The maximum Gasteiger partial charge on any atom is 0.407 e. The standard InChI is InChI=1S/C17H12N6S.C8H14N2O3.C8H14N2O2.2C3H8/c1-3-12(4-2-11(1)13-7-18-10-21-13)15-9-23-8-14(22-17(23)24-15)16-19-5-6-20-16;1-13-8(12)9-6-7(11)10-4-2-3-5-10;1-7(11)9-6-8(12)10-4-2-3-5-10;2*1-3-2/h1-10H,(H,18,21)(H,19,20);2-6H2,1H3,(H,9,12);2-6H2,1H3,(H,9,11);2*3H2,1-2H3. The van der Waals surface area contributed by atoms with Gasteiger partial charge in [0.15, 0.2) is 10.8 Å². The smallest absolute Gasteiger partial charge is 0.407 e. The minimum Gasteiger partial charge on any atom is -0.453 e. The fourth-order valence-corrected chi connectivity index (χ4v) is 6.22. The number of amides is 4. The maximum atomic E-state index is 11.3. The Morgan fingerprint density at radius 3 is 1.85 bits per heavy atom. The summed E-state index contributed by atoms with van der Waals surface area (Å²) in [5.74, 6) is 0.629. The molecular weight excluding hydrogens is 721 g/mol. The van der Waals surface area contributed by atoms with Crippen LogP contribution in [-0.4, -0.2) is 109 Å². The van der Waals surface area contributed by atoms with E-state index in [1.165, 1.54) is 37.3 Å². The van der Waals surface area contributed by atoms with Gasteiger partial charge < -0.3 is 35.1 Å². The number of alkyl carbamates (subject to hydrolysis) is 1. The largest absolute Gasteiger partial charge is 0.453 e. The molecule has 6 heterocycles. The number of carbonyl (C=O) groups excluding carboxylic acids is 4. The van der Waals surface area contributed by atoms with Crippen LogP contribution in [-0.2, 0) is 19.1 Å². The highest BCUT2D eigenvalue weighted by molar-refractivity contribution is 7.20. The maximum absolute atomic E-state index is 11.3. The number of imidazole rings is 3. The van der Waals surface area contributed by atoms with E-state index in [9.17, 15) is 19.2 Å². The lowest BCUT2D eigenvalue weighted by Crippen LogP contribution is -2.38. The van der Waals surface area contributed by atoms with Gasteiger partial charge >= 0.3 is 6.09 Å². The number of ether oxygens (including phenoxy) is 1. The van der Waals surface area contributed by atoms with Gasteiger partial charge in [0.1, 0.15) is 12.2 Å². The molecule has 55 heavy (non-hydrogen) atoms. The van der Waals surface area contributed by atoms with E-state index < -0.39 is 6.09 Å². The lowest BCUT2D eigenvalue weighted by molar-refractivity contribution is -0.131. The highest BCUT2D eigenvalue weighted by atomic mass is 32.1. The highest BCUT2D eigenvalue weighted by Crippen LogP contribution is 2.31. The molecule has 0 saturated carbocycles. The monoisotopic (exact) mass is 776 g/mol. The normalized spacial score (nSPS) is 12.8. The number of nitrogens with one attached hydrogen (secondary N) is 4. The van der Waals surface area contributed by atoms with Crippen LogP contribution in [0.25, 0.3) is 38.2 Å². The molecule has 298 valence electrons. The molecule has 5 aromatic rings. The van der Waals surface area contributed by atoms with Gasteiger partial charge in [0.2, 0.25) is 17.7 Å². The lowest BCUT2D eigenvalue weighted by Gasteiger charge is -2.14. The Hall–Kier alpha value is -5.51. The van der Waals surface area contributed by atoms with Crippen molar-refractivity contribution in [3.8, 4) is 33.2 Å². The van der Waals surface area contributed by atoms with Gasteiger partial charge in [-0.05, 0) is 36.8 Å². The number of hydrogen-bond donors (Lipinski definition) is 4. The van der Waals surface area contributed by atoms with Crippen molar-refractivity contribution >= 4 is 40.1 Å². The van der Waals surface area contributed by atoms with E-state index in [0.29, 0.717) is 0 Å². The second-order valence-electron chi connectivity index (χ2n) is 12.7. The summed E-state index contributed by atoms with van der Waals surface area (Å²) in [5, 5.41) is 4.85. The summed E-state index contributed by atoms with van der Waals surface area (Å²) < 4.78 is 6.38. The van der Waals surface area contributed by atoms with Gasteiger partial charge in [-0.3, -0.25) is 18.8 Å². The molecular formula is C39H56N10O5S. The second kappa shape index (κ2) is 24.0. The summed E-state index contributed by atoms with van der Waals surface area (Å²) in [5.41, 5.74) is 4.17. The van der Waals surface area contributed by atoms with Gasteiger partial charge in [0.25, 0.3) is 0 Å². The molecule has 2 aliphatic rings. The predicted octanol–water partition coefficient (Wildman–Crippen LogP) is 6.39. The molecule has 4 aromatic heterocycles. The third kappa shape index (κ3) is 14.7. The zero-order valence-electron chi connectivity index (χ0n) is 32.9. The number of benzene rings is 1. The summed E-state index contributed by atoms with van der Waals surface area (Å²) in [6.45, 7) is 13.4. The number of fused-ring (bicyclic) bond motifs is 1. The number of aromatic nitrogens is 6. The van der Waals surface area contributed by atoms with Crippen molar-refractivity contribution < 1.29 is 23.9 Å². The van der Waals surface area contributed by atoms with Crippen LogP contribution in [0.1, 0.15) is 73.1 Å².